The van der Waals surface area contributed by atoms with Gasteiger partial charge < -0.3 is 9.64 Å². The van der Waals surface area contributed by atoms with Gasteiger partial charge in [-0.1, -0.05) is 67.8 Å². The number of hydrogen-bond acceptors (Lipinski definition) is 4. The van der Waals surface area contributed by atoms with Crippen LogP contribution < -0.4 is 10.2 Å². The lowest BCUT2D eigenvalue weighted by molar-refractivity contribution is -0.120. The summed E-state index contributed by atoms with van der Waals surface area (Å²) in [5.41, 5.74) is 3.60. The van der Waals surface area contributed by atoms with Crippen molar-refractivity contribution in [2.45, 2.75) is 44.9 Å². The maximum atomic E-state index is 13.1. The monoisotopic (exact) mass is 405 g/mol. The number of benzene rings is 2. The molecule has 2 aliphatic rings. The number of alkyl carbamates (subject to hydrolysis) is 1. The average Bonchev–Trinajstić information content (AvgIpc) is 2.90. The van der Waals surface area contributed by atoms with E-state index in [0.717, 1.165) is 48.2 Å². The van der Waals surface area contributed by atoms with Crippen LogP contribution in [0.5, 0.6) is 0 Å². The Morgan fingerprint density at radius 1 is 1.07 bits per heavy atom. The number of amides is 2. The first-order valence-corrected chi connectivity index (χ1v) is 10.6. The number of ether oxygens (including phenoxy) is 1. The first-order valence-electron chi connectivity index (χ1n) is 10.6. The number of benzodiazepines with no additional fused rings is 1. The second kappa shape index (κ2) is 9.11. The molecule has 1 heterocycles. The second-order valence-corrected chi connectivity index (χ2v) is 7.87. The predicted octanol–water partition coefficient (Wildman–Crippen LogP) is 4.28. The van der Waals surface area contributed by atoms with E-state index in [1.165, 1.54) is 6.42 Å². The predicted molar refractivity (Wildman–Crippen MR) is 117 cm³/mol. The van der Waals surface area contributed by atoms with Gasteiger partial charge in [0.1, 0.15) is 6.61 Å². The molecule has 6 nitrogen and oxygen atoms in total. The third kappa shape index (κ3) is 4.37. The number of nitrogens with zero attached hydrogens (tertiary/aromatic N) is 2. The van der Waals surface area contributed by atoms with E-state index in [4.69, 9.17) is 9.73 Å². The summed E-state index contributed by atoms with van der Waals surface area (Å²) in [6, 6.07) is 17.3. The van der Waals surface area contributed by atoms with Crippen LogP contribution in [0.3, 0.4) is 0 Å². The maximum absolute atomic E-state index is 13.1. The van der Waals surface area contributed by atoms with Crippen molar-refractivity contribution in [3.05, 3.63) is 65.7 Å². The summed E-state index contributed by atoms with van der Waals surface area (Å²) in [6.45, 7) is 0.142. The van der Waals surface area contributed by atoms with Gasteiger partial charge in [-0.15, -0.1) is 0 Å². The number of carbonyl (C=O) groups is 2. The summed E-state index contributed by atoms with van der Waals surface area (Å²) in [7, 11) is 1.73. The Balaban J connectivity index is 1.57. The molecular weight excluding hydrogens is 378 g/mol. The van der Waals surface area contributed by atoms with Crippen molar-refractivity contribution >= 4 is 23.4 Å². The number of hydrogen-bond donors (Lipinski definition) is 1. The Morgan fingerprint density at radius 2 is 1.77 bits per heavy atom. The van der Waals surface area contributed by atoms with E-state index < -0.39 is 12.3 Å². The first kappa shape index (κ1) is 20.1. The SMILES string of the molecule is CN1C(=O)[C@@H](NC(=O)OCc2ccccc2)N=C(C2CCCCC2)c2ccccc21. The zero-order valence-corrected chi connectivity index (χ0v) is 17.2. The van der Waals surface area contributed by atoms with Crippen LogP contribution in [-0.2, 0) is 16.1 Å². The number of fused-ring (bicyclic) bond motifs is 1. The lowest BCUT2D eigenvalue weighted by atomic mass is 9.83. The van der Waals surface area contributed by atoms with Gasteiger partial charge in [0.15, 0.2) is 0 Å². The van der Waals surface area contributed by atoms with Gasteiger partial charge >= 0.3 is 6.09 Å². The van der Waals surface area contributed by atoms with Gasteiger partial charge in [-0.25, -0.2) is 4.79 Å². The molecule has 2 aromatic carbocycles. The molecule has 1 atom stereocenters. The third-order valence-corrected chi connectivity index (χ3v) is 5.83. The van der Waals surface area contributed by atoms with Crippen LogP contribution in [0, 0.1) is 5.92 Å². The second-order valence-electron chi connectivity index (χ2n) is 7.87. The van der Waals surface area contributed by atoms with E-state index >= 15 is 0 Å². The fraction of sp³-hybridized carbons (Fsp3) is 0.375. The summed E-state index contributed by atoms with van der Waals surface area (Å²) in [5, 5.41) is 2.67. The molecule has 0 bridgehead atoms. The van der Waals surface area contributed by atoms with Crippen LogP contribution in [0.1, 0.15) is 43.2 Å². The molecule has 30 heavy (non-hydrogen) atoms. The molecular formula is C24H27N3O3. The Morgan fingerprint density at radius 3 is 2.53 bits per heavy atom. The summed E-state index contributed by atoms with van der Waals surface area (Å²) >= 11 is 0. The Bertz CT molecular complexity index is 936. The molecule has 2 amide bonds. The molecule has 0 radical (unpaired) electrons. The molecule has 0 saturated heterocycles. The number of anilines is 1. The van der Waals surface area contributed by atoms with Crippen molar-refractivity contribution in [3.63, 3.8) is 0 Å². The van der Waals surface area contributed by atoms with E-state index in [0.29, 0.717) is 5.92 Å². The summed E-state index contributed by atoms with van der Waals surface area (Å²) in [5.74, 6) is 0.0220. The average molecular weight is 405 g/mol. The molecule has 0 spiro atoms. The molecule has 1 fully saturated rings. The smallest absolute Gasteiger partial charge is 0.409 e. The summed E-state index contributed by atoms with van der Waals surface area (Å²) in [4.78, 5) is 31.9. The van der Waals surface area contributed by atoms with Gasteiger partial charge in [-0.3, -0.25) is 15.1 Å². The largest absolute Gasteiger partial charge is 0.445 e. The van der Waals surface area contributed by atoms with E-state index in [2.05, 4.69) is 5.32 Å². The highest BCUT2D eigenvalue weighted by atomic mass is 16.5. The molecule has 1 saturated carbocycles. The van der Waals surface area contributed by atoms with Gasteiger partial charge in [-0.2, -0.15) is 0 Å². The quantitative estimate of drug-likeness (QED) is 0.825. The fourth-order valence-corrected chi connectivity index (χ4v) is 4.22. The van der Waals surface area contributed by atoms with E-state index in [-0.39, 0.29) is 12.5 Å². The Kier molecular flexibility index (Phi) is 6.12. The molecule has 0 aromatic heterocycles. The zero-order chi connectivity index (χ0) is 20.9. The Labute approximate surface area is 176 Å². The van der Waals surface area contributed by atoms with Gasteiger partial charge in [0.25, 0.3) is 5.91 Å². The molecule has 156 valence electrons. The van der Waals surface area contributed by atoms with Gasteiger partial charge in [0.2, 0.25) is 6.17 Å². The van der Waals surface area contributed by atoms with Crippen molar-refractivity contribution in [3.8, 4) is 0 Å². The maximum Gasteiger partial charge on any atom is 0.409 e. The van der Waals surface area contributed by atoms with Crippen LogP contribution in [0.15, 0.2) is 59.6 Å². The molecule has 4 rings (SSSR count). The van der Waals surface area contributed by atoms with E-state index in [1.54, 1.807) is 11.9 Å². The van der Waals surface area contributed by atoms with Crippen LogP contribution in [0.25, 0.3) is 0 Å². The number of likely N-dealkylation sites (N-methyl/N-ethyl adjacent to an activating group) is 1. The molecule has 1 aliphatic heterocycles. The molecule has 6 heteroatoms. The Hall–Kier alpha value is -3.15. The van der Waals surface area contributed by atoms with Crippen LogP contribution >= 0.6 is 0 Å². The number of carbonyl (C=O) groups excluding carboxylic acids is 2. The third-order valence-electron chi connectivity index (χ3n) is 5.83. The van der Waals surface area contributed by atoms with Gasteiger partial charge in [0, 0.05) is 18.5 Å². The first-order chi connectivity index (χ1) is 14.6. The number of nitrogens with one attached hydrogen (secondary N) is 1. The molecule has 2 aromatic rings. The number of para-hydroxylation sites is 1. The minimum atomic E-state index is -0.998. The normalized spacial score (nSPS) is 19.5. The molecule has 1 N–H and O–H groups in total. The minimum absolute atomic E-state index is 0.142. The highest BCUT2D eigenvalue weighted by Gasteiger charge is 2.33. The van der Waals surface area contributed by atoms with Crippen molar-refractivity contribution in [2.75, 3.05) is 11.9 Å². The molecule has 0 unspecified atom stereocenters. The van der Waals surface area contributed by atoms with Crippen molar-refractivity contribution in [1.29, 1.82) is 0 Å². The highest BCUT2D eigenvalue weighted by molar-refractivity contribution is 6.13. The summed E-state index contributed by atoms with van der Waals surface area (Å²) < 4.78 is 5.32. The fourth-order valence-electron chi connectivity index (χ4n) is 4.22. The standard InChI is InChI=1S/C24H27N3O3/c1-27-20-15-9-8-14-19(20)21(18-12-6-3-7-13-18)25-22(23(27)28)26-24(29)30-16-17-10-4-2-5-11-17/h2,4-5,8-11,14-15,18,22H,3,6-7,12-13,16H2,1H3,(H,26,29)/t22-/m1/s1. The lowest BCUT2D eigenvalue weighted by Gasteiger charge is -2.24. The highest BCUT2D eigenvalue weighted by Crippen LogP contribution is 2.33. The molecule has 1 aliphatic carbocycles. The van der Waals surface area contributed by atoms with Gasteiger partial charge in [0.05, 0.1) is 11.4 Å². The van der Waals surface area contributed by atoms with Crippen LogP contribution in [0.4, 0.5) is 10.5 Å². The topological polar surface area (TPSA) is 71.0 Å². The van der Waals surface area contributed by atoms with Crippen LogP contribution in [0.2, 0.25) is 0 Å². The van der Waals surface area contributed by atoms with Crippen molar-refractivity contribution < 1.29 is 14.3 Å². The van der Waals surface area contributed by atoms with Gasteiger partial charge in [-0.05, 0) is 24.5 Å². The van der Waals surface area contributed by atoms with E-state index in [9.17, 15) is 9.59 Å². The van der Waals surface area contributed by atoms with E-state index in [1.807, 2.05) is 54.6 Å². The lowest BCUT2D eigenvalue weighted by Crippen LogP contribution is -2.46. The van der Waals surface area contributed by atoms with Crippen molar-refractivity contribution in [1.82, 2.24) is 5.32 Å². The minimum Gasteiger partial charge on any atom is -0.445 e. The summed E-state index contributed by atoms with van der Waals surface area (Å²) in [6.07, 6.45) is 4.01. The zero-order valence-electron chi connectivity index (χ0n) is 17.2. The van der Waals surface area contributed by atoms with Crippen LogP contribution in [-0.4, -0.2) is 30.9 Å². The number of aliphatic imine (C=N–C) groups is 1. The van der Waals surface area contributed by atoms with Crippen molar-refractivity contribution in [2.24, 2.45) is 10.9 Å². The number of rotatable bonds is 4.